The zero-order chi connectivity index (χ0) is 16.5. The van der Waals surface area contributed by atoms with Crippen LogP contribution in [0.3, 0.4) is 0 Å². The lowest BCUT2D eigenvalue weighted by atomic mass is 10.2. The number of hydrogen-bond donors (Lipinski definition) is 1. The smallest absolute Gasteiger partial charge is 0.271 e. The highest BCUT2D eigenvalue weighted by Crippen LogP contribution is 2.30. The maximum Gasteiger partial charge on any atom is 0.271 e. The fourth-order valence-electron chi connectivity index (χ4n) is 1.80. The molecule has 0 atom stereocenters. The number of carbonyl (C=O) groups excluding carboxylic acids is 1. The van der Waals surface area contributed by atoms with Crippen LogP contribution in [-0.4, -0.2) is 21.4 Å². The van der Waals surface area contributed by atoms with E-state index in [1.165, 1.54) is 37.1 Å². The summed E-state index contributed by atoms with van der Waals surface area (Å²) in [5.41, 5.74) is 0.300. The molecule has 22 heavy (non-hydrogen) atoms. The van der Waals surface area contributed by atoms with E-state index in [2.05, 4.69) is 4.72 Å². The summed E-state index contributed by atoms with van der Waals surface area (Å²) in [6, 6.07) is 6.74. The summed E-state index contributed by atoms with van der Waals surface area (Å²) in [6.45, 7) is 3.13. The van der Waals surface area contributed by atoms with Gasteiger partial charge in [-0.15, -0.1) is 11.3 Å². The normalized spacial score (nSPS) is 11.3. The fraction of sp³-hybridized carbons (Fsp3) is 0.214. The molecule has 0 saturated carbocycles. The van der Waals surface area contributed by atoms with Crippen molar-refractivity contribution >= 4 is 38.6 Å². The van der Waals surface area contributed by atoms with Crippen LogP contribution in [0.15, 0.2) is 34.5 Å². The average Bonchev–Trinajstić information content (AvgIpc) is 2.85. The van der Waals surface area contributed by atoms with Crippen LogP contribution in [0.1, 0.15) is 11.8 Å². The first-order valence-electron chi connectivity index (χ1n) is 6.34. The van der Waals surface area contributed by atoms with Gasteiger partial charge in [-0.05, 0) is 31.2 Å². The summed E-state index contributed by atoms with van der Waals surface area (Å²) in [6.07, 6.45) is 0. The molecule has 1 heterocycles. The SMILES string of the molecule is CC(=O)N(C)c1ccc(F)cc1NS(=O)(=O)c1ccc(C)s1. The van der Waals surface area contributed by atoms with Gasteiger partial charge in [0.2, 0.25) is 5.91 Å². The predicted molar refractivity (Wildman–Crippen MR) is 85.3 cm³/mol. The van der Waals surface area contributed by atoms with E-state index in [0.29, 0.717) is 0 Å². The summed E-state index contributed by atoms with van der Waals surface area (Å²) in [4.78, 5) is 13.6. The van der Waals surface area contributed by atoms with Crippen LogP contribution in [-0.2, 0) is 14.8 Å². The van der Waals surface area contributed by atoms with Crippen molar-refractivity contribution in [3.05, 3.63) is 41.0 Å². The molecule has 1 aromatic heterocycles. The Morgan fingerprint density at radius 1 is 1.27 bits per heavy atom. The van der Waals surface area contributed by atoms with Gasteiger partial charge in [0.25, 0.3) is 10.0 Å². The molecule has 0 bridgehead atoms. The standard InChI is InChI=1S/C14H15FN2O3S2/c1-9-4-7-14(21-9)22(19,20)16-12-8-11(15)5-6-13(12)17(3)10(2)18/h4-8,16H,1-3H3. The van der Waals surface area contributed by atoms with Crippen molar-refractivity contribution in [1.29, 1.82) is 0 Å². The Morgan fingerprint density at radius 2 is 1.95 bits per heavy atom. The highest BCUT2D eigenvalue weighted by Gasteiger charge is 2.20. The van der Waals surface area contributed by atoms with E-state index in [-0.39, 0.29) is 21.5 Å². The molecule has 1 amide bonds. The lowest BCUT2D eigenvalue weighted by molar-refractivity contribution is -0.116. The number of thiophene rings is 1. The van der Waals surface area contributed by atoms with Gasteiger partial charge in [0.1, 0.15) is 10.0 Å². The molecule has 0 aliphatic heterocycles. The minimum absolute atomic E-state index is 0.0174. The molecular formula is C14H15FN2O3S2. The number of nitrogens with one attached hydrogen (secondary N) is 1. The lowest BCUT2D eigenvalue weighted by Crippen LogP contribution is -2.25. The zero-order valence-corrected chi connectivity index (χ0v) is 13.9. The number of hydrogen-bond acceptors (Lipinski definition) is 4. The van der Waals surface area contributed by atoms with Gasteiger partial charge >= 0.3 is 0 Å². The molecule has 0 spiro atoms. The van der Waals surface area contributed by atoms with E-state index >= 15 is 0 Å². The molecule has 0 saturated heterocycles. The van der Waals surface area contributed by atoms with Crippen molar-refractivity contribution in [2.75, 3.05) is 16.7 Å². The van der Waals surface area contributed by atoms with E-state index in [0.717, 1.165) is 22.3 Å². The van der Waals surface area contributed by atoms with Crippen molar-refractivity contribution < 1.29 is 17.6 Å². The molecule has 2 aromatic rings. The van der Waals surface area contributed by atoms with Gasteiger partial charge in [0, 0.05) is 24.9 Å². The van der Waals surface area contributed by atoms with Gasteiger partial charge in [-0.2, -0.15) is 0 Å². The summed E-state index contributed by atoms with van der Waals surface area (Å²) < 4.78 is 40.6. The topological polar surface area (TPSA) is 66.5 Å². The average molecular weight is 342 g/mol. The van der Waals surface area contributed by atoms with Gasteiger partial charge in [0.05, 0.1) is 11.4 Å². The summed E-state index contributed by atoms with van der Waals surface area (Å²) >= 11 is 1.11. The lowest BCUT2D eigenvalue weighted by Gasteiger charge is -2.19. The monoisotopic (exact) mass is 342 g/mol. The van der Waals surface area contributed by atoms with Crippen molar-refractivity contribution in [1.82, 2.24) is 0 Å². The minimum atomic E-state index is -3.83. The molecule has 5 nitrogen and oxygen atoms in total. The van der Waals surface area contributed by atoms with E-state index in [4.69, 9.17) is 0 Å². The third-order valence-corrected chi connectivity index (χ3v) is 5.88. The molecule has 118 valence electrons. The number of nitrogens with zero attached hydrogens (tertiary/aromatic N) is 1. The number of benzene rings is 1. The van der Waals surface area contributed by atoms with Crippen LogP contribution >= 0.6 is 11.3 Å². The molecule has 1 N–H and O–H groups in total. The number of amides is 1. The second kappa shape index (κ2) is 6.05. The van der Waals surface area contributed by atoms with E-state index in [1.807, 2.05) is 0 Å². The van der Waals surface area contributed by atoms with Gasteiger partial charge < -0.3 is 4.90 Å². The van der Waals surface area contributed by atoms with Gasteiger partial charge in [-0.1, -0.05) is 0 Å². The third kappa shape index (κ3) is 3.45. The first-order chi connectivity index (χ1) is 10.2. The van der Waals surface area contributed by atoms with Crippen molar-refractivity contribution in [3.63, 3.8) is 0 Å². The van der Waals surface area contributed by atoms with E-state index < -0.39 is 15.8 Å². The van der Waals surface area contributed by atoms with Crippen molar-refractivity contribution in [2.24, 2.45) is 0 Å². The van der Waals surface area contributed by atoms with Crippen LogP contribution in [0.2, 0.25) is 0 Å². The Hall–Kier alpha value is -1.93. The Bertz CT molecular complexity index is 815. The first kappa shape index (κ1) is 16.4. The highest BCUT2D eigenvalue weighted by molar-refractivity contribution is 7.94. The van der Waals surface area contributed by atoms with Gasteiger partial charge in [0.15, 0.2) is 0 Å². The zero-order valence-electron chi connectivity index (χ0n) is 12.3. The number of halogens is 1. The molecule has 0 aliphatic rings. The Balaban J connectivity index is 2.44. The Kier molecular flexibility index (Phi) is 4.52. The molecule has 0 radical (unpaired) electrons. The molecule has 8 heteroatoms. The van der Waals surface area contributed by atoms with Crippen LogP contribution in [0.25, 0.3) is 0 Å². The summed E-state index contributed by atoms with van der Waals surface area (Å²) in [5, 5.41) is 0. The maximum atomic E-state index is 13.5. The van der Waals surface area contributed by atoms with Crippen molar-refractivity contribution in [2.45, 2.75) is 18.1 Å². The Labute approximate surface area is 132 Å². The fourth-order valence-corrected chi connectivity index (χ4v) is 4.15. The Morgan fingerprint density at radius 3 is 2.50 bits per heavy atom. The number of aryl methyl sites for hydroxylation is 1. The van der Waals surface area contributed by atoms with Gasteiger partial charge in [-0.25, -0.2) is 12.8 Å². The van der Waals surface area contributed by atoms with Gasteiger partial charge in [-0.3, -0.25) is 9.52 Å². The second-order valence-corrected chi connectivity index (χ2v) is 7.91. The molecule has 0 unspecified atom stereocenters. The summed E-state index contributed by atoms with van der Waals surface area (Å²) in [7, 11) is -2.34. The van der Waals surface area contributed by atoms with Crippen LogP contribution < -0.4 is 9.62 Å². The molecule has 1 aromatic carbocycles. The molecular weight excluding hydrogens is 327 g/mol. The number of anilines is 2. The minimum Gasteiger partial charge on any atom is -0.314 e. The number of rotatable bonds is 4. The number of carbonyl (C=O) groups is 1. The second-order valence-electron chi connectivity index (χ2n) is 4.71. The molecule has 2 rings (SSSR count). The molecule has 0 fully saturated rings. The van der Waals surface area contributed by atoms with Crippen molar-refractivity contribution in [3.8, 4) is 0 Å². The highest BCUT2D eigenvalue weighted by atomic mass is 32.2. The molecule has 0 aliphatic carbocycles. The maximum absolute atomic E-state index is 13.5. The van der Waals surface area contributed by atoms with E-state index in [1.54, 1.807) is 13.0 Å². The first-order valence-corrected chi connectivity index (χ1v) is 8.64. The van der Waals surface area contributed by atoms with E-state index in [9.17, 15) is 17.6 Å². The predicted octanol–water partition coefficient (Wildman–Crippen LogP) is 2.98. The summed E-state index contributed by atoms with van der Waals surface area (Å²) in [5.74, 6) is -0.889. The van der Waals surface area contributed by atoms with Crippen LogP contribution in [0.4, 0.5) is 15.8 Å². The third-order valence-electron chi connectivity index (χ3n) is 3.02. The van der Waals surface area contributed by atoms with Crippen LogP contribution in [0, 0.1) is 12.7 Å². The largest absolute Gasteiger partial charge is 0.314 e. The quantitative estimate of drug-likeness (QED) is 0.929. The van der Waals surface area contributed by atoms with Crippen LogP contribution in [0.5, 0.6) is 0 Å². The number of sulfonamides is 1.